The lowest BCUT2D eigenvalue weighted by atomic mass is 10.1. The highest BCUT2D eigenvalue weighted by Gasteiger charge is 2.22. The second kappa shape index (κ2) is 9.13. The molecule has 1 aromatic heterocycles. The fourth-order valence-electron chi connectivity index (χ4n) is 3.22. The van der Waals surface area contributed by atoms with Gasteiger partial charge in [0, 0.05) is 18.5 Å². The summed E-state index contributed by atoms with van der Waals surface area (Å²) >= 11 is 0. The normalized spacial score (nSPS) is 10.7. The van der Waals surface area contributed by atoms with Crippen molar-refractivity contribution in [1.29, 1.82) is 0 Å². The van der Waals surface area contributed by atoms with Crippen molar-refractivity contribution in [3.05, 3.63) is 70.0 Å². The molecule has 1 heterocycles. The number of amides is 1. The number of fused-ring (bicyclic) bond motifs is 1. The van der Waals surface area contributed by atoms with Crippen LogP contribution in [0.4, 0.5) is 0 Å². The molecule has 0 aliphatic heterocycles. The molecule has 8 nitrogen and oxygen atoms in total. The summed E-state index contributed by atoms with van der Waals surface area (Å²) in [6, 6.07) is 13.9. The SMILES string of the molecule is COc1ccc(CCNC(=O)c2c(O)c3ccccc3n(CCC(=O)O)c2=O)cc1. The average molecular weight is 410 g/mol. The molecule has 3 N–H and O–H groups in total. The van der Waals surface area contributed by atoms with Gasteiger partial charge in [-0.2, -0.15) is 0 Å². The number of methoxy groups -OCH3 is 1. The minimum absolute atomic E-state index is 0.110. The van der Waals surface area contributed by atoms with E-state index < -0.39 is 28.7 Å². The lowest BCUT2D eigenvalue weighted by Gasteiger charge is -2.14. The Morgan fingerprint density at radius 1 is 1.10 bits per heavy atom. The quantitative estimate of drug-likeness (QED) is 0.524. The second-order valence-electron chi connectivity index (χ2n) is 6.70. The molecular formula is C22H22N2O6. The zero-order chi connectivity index (χ0) is 21.7. The van der Waals surface area contributed by atoms with Gasteiger partial charge in [0.25, 0.3) is 11.5 Å². The van der Waals surface area contributed by atoms with Crippen LogP contribution in [0.5, 0.6) is 11.5 Å². The van der Waals surface area contributed by atoms with Crippen LogP contribution in [0.3, 0.4) is 0 Å². The van der Waals surface area contributed by atoms with Crippen LogP contribution in [0.25, 0.3) is 10.9 Å². The minimum atomic E-state index is -1.07. The summed E-state index contributed by atoms with van der Waals surface area (Å²) < 4.78 is 6.32. The first-order valence-electron chi connectivity index (χ1n) is 9.39. The number of carboxylic acids is 1. The van der Waals surface area contributed by atoms with Gasteiger partial charge in [0.15, 0.2) is 0 Å². The van der Waals surface area contributed by atoms with E-state index in [1.807, 2.05) is 24.3 Å². The average Bonchev–Trinajstić information content (AvgIpc) is 2.74. The van der Waals surface area contributed by atoms with Crippen LogP contribution >= 0.6 is 0 Å². The van der Waals surface area contributed by atoms with Gasteiger partial charge in [-0.3, -0.25) is 14.4 Å². The Labute approximate surface area is 172 Å². The van der Waals surface area contributed by atoms with Crippen LogP contribution < -0.4 is 15.6 Å². The number of aromatic nitrogens is 1. The predicted molar refractivity (Wildman–Crippen MR) is 111 cm³/mol. The Morgan fingerprint density at radius 2 is 1.80 bits per heavy atom. The van der Waals surface area contributed by atoms with Crippen molar-refractivity contribution >= 4 is 22.8 Å². The van der Waals surface area contributed by atoms with Crippen molar-refractivity contribution in [3.63, 3.8) is 0 Å². The van der Waals surface area contributed by atoms with Gasteiger partial charge < -0.3 is 24.8 Å². The van der Waals surface area contributed by atoms with Gasteiger partial charge in [0.2, 0.25) is 0 Å². The highest BCUT2D eigenvalue weighted by atomic mass is 16.5. The number of nitrogens with one attached hydrogen (secondary N) is 1. The van der Waals surface area contributed by atoms with Crippen LogP contribution in [0.2, 0.25) is 0 Å². The largest absolute Gasteiger partial charge is 0.506 e. The molecule has 0 bridgehead atoms. The maximum atomic E-state index is 12.9. The zero-order valence-corrected chi connectivity index (χ0v) is 16.4. The third-order valence-corrected chi connectivity index (χ3v) is 4.78. The third-order valence-electron chi connectivity index (χ3n) is 4.78. The fourth-order valence-corrected chi connectivity index (χ4v) is 3.22. The lowest BCUT2D eigenvalue weighted by Crippen LogP contribution is -2.34. The van der Waals surface area contributed by atoms with E-state index in [4.69, 9.17) is 9.84 Å². The summed E-state index contributed by atoms with van der Waals surface area (Å²) in [5.74, 6) is -1.46. The maximum Gasteiger partial charge on any atom is 0.305 e. The molecule has 2 aromatic carbocycles. The Kier molecular flexibility index (Phi) is 6.36. The van der Waals surface area contributed by atoms with Crippen molar-refractivity contribution in [2.24, 2.45) is 0 Å². The molecule has 0 fully saturated rings. The number of carbonyl (C=O) groups is 2. The number of carbonyl (C=O) groups excluding carboxylic acids is 1. The van der Waals surface area contributed by atoms with Gasteiger partial charge in [0.1, 0.15) is 17.1 Å². The summed E-state index contributed by atoms with van der Waals surface area (Å²) in [6.07, 6.45) is 0.241. The Balaban J connectivity index is 1.85. The first kappa shape index (κ1) is 20.9. The highest BCUT2D eigenvalue weighted by molar-refractivity contribution is 6.02. The number of aliphatic carboxylic acids is 1. The van der Waals surface area contributed by atoms with E-state index in [2.05, 4.69) is 5.32 Å². The monoisotopic (exact) mass is 410 g/mol. The molecule has 0 aliphatic rings. The molecule has 0 radical (unpaired) electrons. The number of aryl methyl sites for hydroxylation is 1. The van der Waals surface area contributed by atoms with Crippen LogP contribution in [0, 0.1) is 0 Å². The number of carboxylic acid groups (broad SMARTS) is 1. The minimum Gasteiger partial charge on any atom is -0.506 e. The molecule has 0 saturated heterocycles. The standard InChI is InChI=1S/C22H22N2O6/c1-30-15-8-6-14(7-9-15)10-12-23-21(28)19-20(27)16-4-2-3-5-17(16)24(22(19)29)13-11-18(25)26/h2-9,27H,10-13H2,1H3,(H,23,28)(H,25,26). The number of pyridine rings is 1. The van der Waals surface area contributed by atoms with Gasteiger partial charge in [-0.05, 0) is 36.2 Å². The summed E-state index contributed by atoms with van der Waals surface area (Å²) in [6.45, 7) is 0.146. The number of rotatable bonds is 8. The van der Waals surface area contributed by atoms with Gasteiger partial charge in [-0.1, -0.05) is 24.3 Å². The maximum absolute atomic E-state index is 12.9. The first-order valence-corrected chi connectivity index (χ1v) is 9.39. The topological polar surface area (TPSA) is 118 Å². The number of para-hydroxylation sites is 1. The van der Waals surface area contributed by atoms with Crippen LogP contribution in [0.1, 0.15) is 22.3 Å². The number of hydrogen-bond acceptors (Lipinski definition) is 5. The number of ether oxygens (including phenoxy) is 1. The number of hydrogen-bond donors (Lipinski definition) is 3. The van der Waals surface area contributed by atoms with Crippen LogP contribution in [-0.4, -0.2) is 40.3 Å². The van der Waals surface area contributed by atoms with Crippen molar-refractivity contribution in [3.8, 4) is 11.5 Å². The van der Waals surface area contributed by atoms with Crippen molar-refractivity contribution < 1.29 is 24.5 Å². The summed E-state index contributed by atoms with van der Waals surface area (Å²) in [7, 11) is 1.58. The van der Waals surface area contributed by atoms with Crippen LogP contribution in [0.15, 0.2) is 53.3 Å². The molecule has 0 spiro atoms. The zero-order valence-electron chi connectivity index (χ0n) is 16.4. The van der Waals surface area contributed by atoms with Gasteiger partial charge in [-0.25, -0.2) is 0 Å². The number of nitrogens with zero attached hydrogens (tertiary/aromatic N) is 1. The Hall–Kier alpha value is -3.81. The summed E-state index contributed by atoms with van der Waals surface area (Å²) in [5.41, 5.74) is 0.219. The first-order chi connectivity index (χ1) is 14.4. The molecule has 30 heavy (non-hydrogen) atoms. The highest BCUT2D eigenvalue weighted by Crippen LogP contribution is 2.26. The molecule has 0 atom stereocenters. The van der Waals surface area contributed by atoms with Gasteiger partial charge in [0.05, 0.1) is 19.0 Å². The molecule has 3 aromatic rings. The van der Waals surface area contributed by atoms with E-state index in [0.29, 0.717) is 17.3 Å². The second-order valence-corrected chi connectivity index (χ2v) is 6.70. The molecule has 0 saturated carbocycles. The van der Waals surface area contributed by atoms with Crippen molar-refractivity contribution in [2.75, 3.05) is 13.7 Å². The Bertz CT molecular complexity index is 1130. The molecular weight excluding hydrogens is 388 g/mol. The molecule has 1 amide bonds. The predicted octanol–water partition coefficient (Wildman–Crippen LogP) is 2.16. The molecule has 0 aliphatic carbocycles. The van der Waals surface area contributed by atoms with Crippen LogP contribution in [-0.2, 0) is 17.8 Å². The van der Waals surface area contributed by atoms with Gasteiger partial charge in [-0.15, -0.1) is 0 Å². The number of benzene rings is 2. The lowest BCUT2D eigenvalue weighted by molar-refractivity contribution is -0.137. The molecule has 8 heteroatoms. The molecule has 3 rings (SSSR count). The van der Waals surface area contributed by atoms with Gasteiger partial charge >= 0.3 is 5.97 Å². The van der Waals surface area contributed by atoms with E-state index in [1.54, 1.807) is 31.4 Å². The fraction of sp³-hybridized carbons (Fsp3) is 0.227. The third kappa shape index (κ3) is 4.43. The van der Waals surface area contributed by atoms with Crippen molar-refractivity contribution in [1.82, 2.24) is 9.88 Å². The van der Waals surface area contributed by atoms with E-state index in [9.17, 15) is 19.5 Å². The molecule has 0 unspecified atom stereocenters. The number of aromatic hydroxyl groups is 1. The van der Waals surface area contributed by atoms with Crippen molar-refractivity contribution in [2.45, 2.75) is 19.4 Å². The van der Waals surface area contributed by atoms with E-state index >= 15 is 0 Å². The smallest absolute Gasteiger partial charge is 0.305 e. The molecule has 156 valence electrons. The van der Waals surface area contributed by atoms with E-state index in [-0.39, 0.29) is 19.5 Å². The summed E-state index contributed by atoms with van der Waals surface area (Å²) in [4.78, 5) is 36.6. The Morgan fingerprint density at radius 3 is 2.47 bits per heavy atom. The van der Waals surface area contributed by atoms with E-state index in [1.165, 1.54) is 4.57 Å². The van der Waals surface area contributed by atoms with E-state index in [0.717, 1.165) is 11.3 Å². The summed E-state index contributed by atoms with van der Waals surface area (Å²) in [5, 5.41) is 22.5.